The molecule has 2 aromatic carbocycles. The number of carboxylic acids is 2. The van der Waals surface area contributed by atoms with Crippen molar-refractivity contribution in [1.82, 2.24) is 5.32 Å². The Labute approximate surface area is 187 Å². The highest BCUT2D eigenvalue weighted by Crippen LogP contribution is 2.47. The number of amides is 1. The smallest absolute Gasteiger partial charge is 0.326 e. The van der Waals surface area contributed by atoms with Gasteiger partial charge in [-0.15, -0.1) is 12.6 Å². The summed E-state index contributed by atoms with van der Waals surface area (Å²) in [6.07, 6.45) is -0.788. The van der Waals surface area contributed by atoms with E-state index in [1.807, 2.05) is 6.07 Å². The van der Waals surface area contributed by atoms with Crippen LogP contribution >= 0.6 is 24.4 Å². The van der Waals surface area contributed by atoms with Gasteiger partial charge in [0.05, 0.1) is 17.6 Å². The topological polar surface area (TPSA) is 121 Å². The van der Waals surface area contributed by atoms with Crippen molar-refractivity contribution >= 4 is 58.5 Å². The zero-order valence-corrected chi connectivity index (χ0v) is 17.7. The van der Waals surface area contributed by atoms with E-state index < -0.39 is 30.3 Å². The Morgan fingerprint density at radius 1 is 0.968 bits per heavy atom. The Morgan fingerprint density at radius 2 is 1.55 bits per heavy atom. The number of thiol groups is 1. The number of aliphatic carboxylic acids is 2. The Morgan fingerprint density at radius 3 is 2.10 bits per heavy atom. The second-order valence-electron chi connectivity index (χ2n) is 6.51. The van der Waals surface area contributed by atoms with E-state index in [-0.39, 0.29) is 15.6 Å². The minimum atomic E-state index is -1.63. The van der Waals surface area contributed by atoms with Crippen LogP contribution in [0.4, 0.5) is 0 Å². The third kappa shape index (κ3) is 5.07. The number of hydrogen-bond donors (Lipinski definition) is 4. The number of carbonyl (C=O) groups excluding carboxylic acids is 2. The SMILES string of the molecule is O=C(O)CC(NC(=O)/C(=C1/SC(=O)C(c2ccccc2)=C1S)c1ccccc1)C(=O)O. The van der Waals surface area contributed by atoms with Crippen molar-refractivity contribution in [3.05, 3.63) is 81.6 Å². The van der Waals surface area contributed by atoms with E-state index in [0.717, 1.165) is 11.8 Å². The molecule has 1 atom stereocenters. The van der Waals surface area contributed by atoms with Gasteiger partial charge in [0, 0.05) is 9.81 Å². The molecule has 0 aromatic heterocycles. The molecule has 7 nitrogen and oxygen atoms in total. The lowest BCUT2D eigenvalue weighted by Gasteiger charge is -2.16. The molecule has 1 aliphatic heterocycles. The molecule has 2 aromatic rings. The summed E-state index contributed by atoms with van der Waals surface area (Å²) in [6.45, 7) is 0. The highest BCUT2D eigenvalue weighted by atomic mass is 32.2. The summed E-state index contributed by atoms with van der Waals surface area (Å²) >= 11 is 5.34. The van der Waals surface area contributed by atoms with Crippen LogP contribution in [-0.4, -0.2) is 39.2 Å². The minimum absolute atomic E-state index is 0.0477. The van der Waals surface area contributed by atoms with Gasteiger partial charge in [-0.2, -0.15) is 0 Å². The van der Waals surface area contributed by atoms with E-state index in [0.29, 0.717) is 21.6 Å². The van der Waals surface area contributed by atoms with Crippen LogP contribution < -0.4 is 5.32 Å². The molecule has 1 unspecified atom stereocenters. The molecule has 1 amide bonds. The van der Waals surface area contributed by atoms with E-state index in [2.05, 4.69) is 17.9 Å². The second-order valence-corrected chi connectivity index (χ2v) is 7.94. The number of rotatable bonds is 7. The molecule has 158 valence electrons. The van der Waals surface area contributed by atoms with Crippen molar-refractivity contribution in [3.8, 4) is 0 Å². The molecule has 0 spiro atoms. The van der Waals surface area contributed by atoms with Gasteiger partial charge in [-0.1, -0.05) is 60.7 Å². The Hall–Kier alpha value is -3.30. The first-order valence-corrected chi connectivity index (χ1v) is 10.3. The molecule has 0 aliphatic carbocycles. The minimum Gasteiger partial charge on any atom is -0.481 e. The lowest BCUT2D eigenvalue weighted by Crippen LogP contribution is -2.42. The predicted octanol–water partition coefficient (Wildman–Crippen LogP) is 3.06. The zero-order chi connectivity index (χ0) is 22.5. The second kappa shape index (κ2) is 9.67. The van der Waals surface area contributed by atoms with Gasteiger partial charge < -0.3 is 15.5 Å². The van der Waals surface area contributed by atoms with E-state index in [1.54, 1.807) is 54.6 Å². The van der Waals surface area contributed by atoms with Gasteiger partial charge >= 0.3 is 11.9 Å². The van der Waals surface area contributed by atoms with Gasteiger partial charge in [-0.05, 0) is 22.9 Å². The zero-order valence-electron chi connectivity index (χ0n) is 15.9. The van der Waals surface area contributed by atoms with E-state index in [9.17, 15) is 24.3 Å². The van der Waals surface area contributed by atoms with Crippen molar-refractivity contribution in [2.45, 2.75) is 12.5 Å². The monoisotopic (exact) mass is 455 g/mol. The Kier molecular flexibility index (Phi) is 6.98. The van der Waals surface area contributed by atoms with Gasteiger partial charge in [-0.3, -0.25) is 14.4 Å². The van der Waals surface area contributed by atoms with Crippen LogP contribution in [0.5, 0.6) is 0 Å². The molecule has 0 saturated heterocycles. The maximum atomic E-state index is 13.1. The van der Waals surface area contributed by atoms with Crippen molar-refractivity contribution in [3.63, 3.8) is 0 Å². The molecule has 0 radical (unpaired) electrons. The van der Waals surface area contributed by atoms with E-state index >= 15 is 0 Å². The van der Waals surface area contributed by atoms with Crippen LogP contribution in [-0.2, 0) is 19.2 Å². The number of carboxylic acid groups (broad SMARTS) is 2. The van der Waals surface area contributed by atoms with Crippen molar-refractivity contribution in [2.75, 3.05) is 0 Å². The van der Waals surface area contributed by atoms with E-state index in [1.165, 1.54) is 0 Å². The summed E-state index contributed by atoms with van der Waals surface area (Å²) in [7, 11) is 0. The summed E-state index contributed by atoms with van der Waals surface area (Å²) in [5, 5.41) is 20.2. The van der Waals surface area contributed by atoms with Gasteiger partial charge in [0.25, 0.3) is 5.91 Å². The molecule has 3 rings (SSSR count). The normalized spacial score (nSPS) is 16.1. The fraction of sp³-hybridized carbons (Fsp3) is 0.0909. The summed E-state index contributed by atoms with van der Waals surface area (Å²) in [4.78, 5) is 48.8. The fourth-order valence-corrected chi connectivity index (χ4v) is 4.58. The van der Waals surface area contributed by atoms with Gasteiger partial charge in [0.15, 0.2) is 0 Å². The summed E-state index contributed by atoms with van der Waals surface area (Å²) in [6, 6.07) is 15.6. The van der Waals surface area contributed by atoms with Crippen LogP contribution in [0.2, 0.25) is 0 Å². The van der Waals surface area contributed by atoms with Crippen LogP contribution in [0.1, 0.15) is 17.5 Å². The van der Waals surface area contributed by atoms with E-state index in [4.69, 9.17) is 5.11 Å². The third-order valence-corrected chi connectivity index (χ3v) is 6.01. The standard InChI is InChI=1S/C22H17NO6S2/c24-15(25)11-14(21(27)28)23-20(26)17(13-9-5-2-6-10-13)19-18(30)16(22(29)31-19)12-7-3-1-4-8-12/h1-10,14,30H,11H2,(H,23,26)(H,24,25)(H,27,28)/b19-17+. The molecule has 31 heavy (non-hydrogen) atoms. The number of thioether (sulfide) groups is 1. The van der Waals surface area contributed by atoms with Crippen molar-refractivity contribution in [1.29, 1.82) is 0 Å². The molecule has 0 bridgehead atoms. The summed E-state index contributed by atoms with van der Waals surface area (Å²) in [5.74, 6) is -3.65. The molecular formula is C22H17NO6S2. The largest absolute Gasteiger partial charge is 0.481 e. The number of hydrogen-bond acceptors (Lipinski definition) is 6. The molecule has 9 heteroatoms. The van der Waals surface area contributed by atoms with Crippen LogP contribution in [0.3, 0.4) is 0 Å². The van der Waals surface area contributed by atoms with Gasteiger partial charge in [-0.25, -0.2) is 4.79 Å². The number of nitrogens with one attached hydrogen (secondary N) is 1. The van der Waals surface area contributed by atoms with Crippen LogP contribution in [0.25, 0.3) is 11.1 Å². The number of carbonyl (C=O) groups is 4. The molecule has 0 saturated carbocycles. The first-order valence-electron chi connectivity index (χ1n) is 9.06. The van der Waals surface area contributed by atoms with Crippen molar-refractivity contribution in [2.24, 2.45) is 0 Å². The Balaban J connectivity index is 2.12. The first-order chi connectivity index (χ1) is 14.8. The molecule has 1 aliphatic rings. The highest BCUT2D eigenvalue weighted by Gasteiger charge is 2.34. The lowest BCUT2D eigenvalue weighted by molar-refractivity contribution is -0.146. The quantitative estimate of drug-likeness (QED) is 0.374. The maximum absolute atomic E-state index is 13.1. The summed E-state index contributed by atoms with van der Waals surface area (Å²) < 4.78 is 0. The fourth-order valence-electron chi connectivity index (χ4n) is 3.01. The molecule has 0 fully saturated rings. The molecular weight excluding hydrogens is 438 g/mol. The molecule has 3 N–H and O–H groups in total. The average Bonchev–Trinajstić information content (AvgIpc) is 3.02. The van der Waals surface area contributed by atoms with Gasteiger partial charge in [0.1, 0.15) is 6.04 Å². The predicted molar refractivity (Wildman–Crippen MR) is 120 cm³/mol. The first kappa shape index (κ1) is 22.4. The maximum Gasteiger partial charge on any atom is 0.326 e. The molecule has 1 heterocycles. The third-order valence-electron chi connectivity index (χ3n) is 4.41. The average molecular weight is 456 g/mol. The van der Waals surface area contributed by atoms with Crippen molar-refractivity contribution < 1.29 is 29.4 Å². The highest BCUT2D eigenvalue weighted by molar-refractivity contribution is 8.20. The van der Waals surface area contributed by atoms with Gasteiger partial charge in [0.2, 0.25) is 5.12 Å². The summed E-state index contributed by atoms with van der Waals surface area (Å²) in [5.41, 5.74) is 1.47. The number of benzene rings is 2. The Bertz CT molecular complexity index is 1110. The van der Waals surface area contributed by atoms with Crippen LogP contribution in [0.15, 0.2) is 70.5 Å². The lowest BCUT2D eigenvalue weighted by atomic mass is 10.0. The van der Waals surface area contributed by atoms with Crippen LogP contribution in [0, 0.1) is 0 Å².